The zero-order chi connectivity index (χ0) is 14.5. The second-order valence-electron chi connectivity index (χ2n) is 4.68. The minimum Gasteiger partial charge on any atom is -0.355 e. The molecular formula is C13H18Cl2N4O. The minimum absolute atomic E-state index is 0.0728. The van der Waals surface area contributed by atoms with Crippen LogP contribution in [0, 0.1) is 0 Å². The Bertz CT molecular complexity index is 475. The van der Waals surface area contributed by atoms with Gasteiger partial charge in [0.2, 0.25) is 5.91 Å². The van der Waals surface area contributed by atoms with Gasteiger partial charge in [-0.25, -0.2) is 4.98 Å². The number of halogens is 2. The lowest BCUT2D eigenvalue weighted by Crippen LogP contribution is -2.49. The van der Waals surface area contributed by atoms with E-state index in [0.717, 1.165) is 32.0 Å². The molecule has 1 aliphatic heterocycles. The fraction of sp³-hybridized carbons (Fsp3) is 0.538. The zero-order valence-corrected chi connectivity index (χ0v) is 12.9. The first-order valence-corrected chi connectivity index (χ1v) is 7.40. The first kappa shape index (κ1) is 15.4. The van der Waals surface area contributed by atoms with Crippen LogP contribution in [0.3, 0.4) is 0 Å². The highest BCUT2D eigenvalue weighted by Gasteiger charge is 2.21. The average Bonchev–Trinajstić information content (AvgIpc) is 2.40. The molecule has 0 bridgehead atoms. The highest BCUT2D eigenvalue weighted by molar-refractivity contribution is 6.36. The van der Waals surface area contributed by atoms with Crippen molar-refractivity contribution in [3.05, 3.63) is 22.3 Å². The summed E-state index contributed by atoms with van der Waals surface area (Å²) in [7, 11) is 0. The van der Waals surface area contributed by atoms with Crippen LogP contribution in [-0.4, -0.2) is 55.1 Å². The Morgan fingerprint density at radius 3 is 2.65 bits per heavy atom. The highest BCUT2D eigenvalue weighted by atomic mass is 35.5. The highest BCUT2D eigenvalue weighted by Crippen LogP contribution is 2.26. The molecule has 0 unspecified atom stereocenters. The van der Waals surface area contributed by atoms with Crippen molar-refractivity contribution in [2.75, 3.05) is 44.2 Å². The summed E-state index contributed by atoms with van der Waals surface area (Å²) in [4.78, 5) is 20.1. The van der Waals surface area contributed by atoms with E-state index >= 15 is 0 Å². The maximum Gasteiger partial charge on any atom is 0.234 e. The van der Waals surface area contributed by atoms with E-state index in [9.17, 15) is 4.79 Å². The van der Waals surface area contributed by atoms with Crippen molar-refractivity contribution in [1.82, 2.24) is 15.2 Å². The Morgan fingerprint density at radius 1 is 1.35 bits per heavy atom. The average molecular weight is 317 g/mol. The maximum atomic E-state index is 11.5. The first-order valence-electron chi connectivity index (χ1n) is 6.65. The fourth-order valence-corrected chi connectivity index (χ4v) is 2.71. The topological polar surface area (TPSA) is 48.5 Å². The fourth-order valence-electron chi connectivity index (χ4n) is 2.21. The Morgan fingerprint density at radius 2 is 2.05 bits per heavy atom. The largest absolute Gasteiger partial charge is 0.355 e. The zero-order valence-electron chi connectivity index (χ0n) is 11.4. The van der Waals surface area contributed by atoms with E-state index in [1.54, 1.807) is 12.3 Å². The lowest BCUT2D eigenvalue weighted by Gasteiger charge is -2.35. The smallest absolute Gasteiger partial charge is 0.234 e. The predicted octanol–water partition coefficient (Wildman–Crippen LogP) is 1.65. The number of rotatable bonds is 4. The third-order valence-corrected chi connectivity index (χ3v) is 3.69. The molecule has 0 aromatic carbocycles. The lowest BCUT2D eigenvalue weighted by atomic mass is 10.3. The van der Waals surface area contributed by atoms with Crippen molar-refractivity contribution in [2.45, 2.75) is 6.92 Å². The molecule has 7 heteroatoms. The quantitative estimate of drug-likeness (QED) is 0.917. The molecule has 20 heavy (non-hydrogen) atoms. The number of carbonyl (C=O) groups is 1. The molecule has 5 nitrogen and oxygen atoms in total. The molecule has 1 N–H and O–H groups in total. The summed E-state index contributed by atoms with van der Waals surface area (Å²) in [5.41, 5.74) is 0. The van der Waals surface area contributed by atoms with E-state index in [2.05, 4.69) is 20.1 Å². The molecular weight excluding hydrogens is 299 g/mol. The van der Waals surface area contributed by atoms with Crippen molar-refractivity contribution < 1.29 is 4.79 Å². The standard InChI is InChI=1S/C13H18Cl2N4O/c1-2-16-12(20)9-18-3-5-19(6-4-18)13-11(15)7-10(14)8-17-13/h7-8H,2-6,9H2,1H3,(H,16,20). The van der Waals surface area contributed by atoms with Gasteiger partial charge in [0.25, 0.3) is 0 Å². The SMILES string of the molecule is CCNC(=O)CN1CCN(c2ncc(Cl)cc2Cl)CC1. The van der Waals surface area contributed by atoms with Crippen LogP contribution < -0.4 is 10.2 Å². The number of nitrogens with zero attached hydrogens (tertiary/aromatic N) is 3. The van der Waals surface area contributed by atoms with Crippen LogP contribution in [-0.2, 0) is 4.79 Å². The van der Waals surface area contributed by atoms with Gasteiger partial charge in [-0.2, -0.15) is 0 Å². The third-order valence-electron chi connectivity index (χ3n) is 3.20. The van der Waals surface area contributed by atoms with Gasteiger partial charge in [0, 0.05) is 38.9 Å². The minimum atomic E-state index is 0.0728. The number of anilines is 1. The number of hydrogen-bond donors (Lipinski definition) is 1. The maximum absolute atomic E-state index is 11.5. The van der Waals surface area contributed by atoms with Crippen LogP contribution in [0.15, 0.2) is 12.3 Å². The van der Waals surface area contributed by atoms with Gasteiger partial charge in [-0.1, -0.05) is 23.2 Å². The van der Waals surface area contributed by atoms with Gasteiger partial charge >= 0.3 is 0 Å². The Kier molecular flexibility index (Phi) is 5.46. The predicted molar refractivity (Wildman–Crippen MR) is 81.6 cm³/mol. The van der Waals surface area contributed by atoms with Crippen molar-refractivity contribution in [1.29, 1.82) is 0 Å². The molecule has 1 aliphatic rings. The summed E-state index contributed by atoms with van der Waals surface area (Å²) < 4.78 is 0. The number of hydrogen-bond acceptors (Lipinski definition) is 4. The lowest BCUT2D eigenvalue weighted by molar-refractivity contribution is -0.122. The van der Waals surface area contributed by atoms with Crippen LogP contribution in [0.2, 0.25) is 10.0 Å². The van der Waals surface area contributed by atoms with Gasteiger partial charge < -0.3 is 10.2 Å². The van der Waals surface area contributed by atoms with Crippen molar-refractivity contribution in [3.8, 4) is 0 Å². The van der Waals surface area contributed by atoms with E-state index < -0.39 is 0 Å². The number of piperazine rings is 1. The monoisotopic (exact) mass is 316 g/mol. The molecule has 0 spiro atoms. The summed E-state index contributed by atoms with van der Waals surface area (Å²) in [5.74, 6) is 0.831. The third kappa shape index (κ3) is 3.98. The first-order chi connectivity index (χ1) is 9.60. The van der Waals surface area contributed by atoms with Crippen LogP contribution in [0.1, 0.15) is 6.92 Å². The molecule has 1 amide bonds. The number of amides is 1. The van der Waals surface area contributed by atoms with Crippen LogP contribution in [0.25, 0.3) is 0 Å². The van der Waals surface area contributed by atoms with Gasteiger partial charge in [0.1, 0.15) is 5.82 Å². The van der Waals surface area contributed by atoms with Crippen molar-refractivity contribution >= 4 is 34.9 Å². The molecule has 0 saturated carbocycles. The van der Waals surface area contributed by atoms with Crippen molar-refractivity contribution in [3.63, 3.8) is 0 Å². The normalized spacial score (nSPS) is 16.2. The number of aromatic nitrogens is 1. The van der Waals surface area contributed by atoms with Gasteiger partial charge in [0.15, 0.2) is 0 Å². The Hall–Kier alpha value is -1.04. The summed E-state index contributed by atoms with van der Waals surface area (Å²) in [6.45, 7) is 6.27. The molecule has 2 rings (SSSR count). The second-order valence-corrected chi connectivity index (χ2v) is 5.52. The second kappa shape index (κ2) is 7.11. The Balaban J connectivity index is 1.89. The molecule has 0 aliphatic carbocycles. The molecule has 1 aromatic heterocycles. The van der Waals surface area contributed by atoms with E-state index in [0.29, 0.717) is 23.1 Å². The molecule has 0 atom stereocenters. The molecule has 1 saturated heterocycles. The summed E-state index contributed by atoms with van der Waals surface area (Å²) >= 11 is 12.0. The van der Waals surface area contributed by atoms with E-state index in [-0.39, 0.29) is 5.91 Å². The van der Waals surface area contributed by atoms with E-state index in [4.69, 9.17) is 23.2 Å². The van der Waals surface area contributed by atoms with E-state index in [1.807, 2.05) is 6.92 Å². The van der Waals surface area contributed by atoms with Crippen LogP contribution in [0.5, 0.6) is 0 Å². The molecule has 0 radical (unpaired) electrons. The van der Waals surface area contributed by atoms with Gasteiger partial charge in [-0.15, -0.1) is 0 Å². The number of nitrogens with one attached hydrogen (secondary N) is 1. The summed E-state index contributed by atoms with van der Waals surface area (Å²) in [6.07, 6.45) is 1.60. The van der Waals surface area contributed by atoms with Crippen molar-refractivity contribution in [2.24, 2.45) is 0 Å². The molecule has 2 heterocycles. The van der Waals surface area contributed by atoms with E-state index in [1.165, 1.54) is 0 Å². The van der Waals surface area contributed by atoms with Crippen LogP contribution in [0.4, 0.5) is 5.82 Å². The van der Waals surface area contributed by atoms with Gasteiger partial charge in [0.05, 0.1) is 16.6 Å². The molecule has 110 valence electrons. The summed E-state index contributed by atoms with van der Waals surface area (Å²) in [6, 6.07) is 1.70. The summed E-state index contributed by atoms with van der Waals surface area (Å²) in [5, 5.41) is 3.91. The molecule has 1 fully saturated rings. The number of pyridine rings is 1. The van der Waals surface area contributed by atoms with Gasteiger partial charge in [-0.3, -0.25) is 9.69 Å². The van der Waals surface area contributed by atoms with Gasteiger partial charge in [-0.05, 0) is 13.0 Å². The van der Waals surface area contributed by atoms with Crippen LogP contribution >= 0.6 is 23.2 Å². The number of carbonyl (C=O) groups excluding carboxylic acids is 1. The Labute approximate surface area is 128 Å². The number of likely N-dealkylation sites (N-methyl/N-ethyl adjacent to an activating group) is 1. The molecule has 1 aromatic rings.